The Morgan fingerprint density at radius 3 is 2.80 bits per heavy atom. The molecule has 3 rings (SSSR count). The molecule has 25 heavy (non-hydrogen) atoms. The SMILES string of the molecule is CC(C)(CNC(=O)/C=C/c1cnccn1)c1ccc2c(c1)OCCO2. The first kappa shape index (κ1) is 17.0. The lowest BCUT2D eigenvalue weighted by Crippen LogP contribution is -2.36. The van der Waals surface area contributed by atoms with Crippen molar-refractivity contribution in [3.63, 3.8) is 0 Å². The van der Waals surface area contributed by atoms with Gasteiger partial charge in [-0.05, 0) is 23.8 Å². The van der Waals surface area contributed by atoms with E-state index in [0.717, 1.165) is 17.1 Å². The predicted octanol–water partition coefficient (Wildman–Crippen LogP) is 2.36. The highest BCUT2D eigenvalue weighted by atomic mass is 16.6. The first-order valence-corrected chi connectivity index (χ1v) is 8.17. The molecule has 6 heteroatoms. The summed E-state index contributed by atoms with van der Waals surface area (Å²) in [5.74, 6) is 1.35. The van der Waals surface area contributed by atoms with Gasteiger partial charge >= 0.3 is 0 Å². The largest absolute Gasteiger partial charge is 0.486 e. The van der Waals surface area contributed by atoms with Crippen molar-refractivity contribution in [3.05, 3.63) is 54.1 Å². The third-order valence-corrected chi connectivity index (χ3v) is 4.02. The number of fused-ring (bicyclic) bond motifs is 1. The molecule has 1 aromatic heterocycles. The topological polar surface area (TPSA) is 73.3 Å². The third kappa shape index (κ3) is 4.35. The van der Waals surface area contributed by atoms with E-state index in [0.29, 0.717) is 25.5 Å². The minimum absolute atomic E-state index is 0.170. The molecule has 0 aliphatic carbocycles. The Hall–Kier alpha value is -2.89. The maximum absolute atomic E-state index is 12.0. The lowest BCUT2D eigenvalue weighted by atomic mass is 9.84. The van der Waals surface area contributed by atoms with Crippen molar-refractivity contribution in [2.24, 2.45) is 0 Å². The Morgan fingerprint density at radius 2 is 2.04 bits per heavy atom. The van der Waals surface area contributed by atoms with Crippen molar-refractivity contribution < 1.29 is 14.3 Å². The van der Waals surface area contributed by atoms with Gasteiger partial charge in [-0.1, -0.05) is 19.9 Å². The Balaban J connectivity index is 1.61. The number of nitrogens with one attached hydrogen (secondary N) is 1. The zero-order chi connectivity index (χ0) is 17.7. The Bertz CT molecular complexity index is 773. The van der Waals surface area contributed by atoms with Crippen LogP contribution in [-0.2, 0) is 10.2 Å². The van der Waals surface area contributed by atoms with E-state index in [4.69, 9.17) is 9.47 Å². The van der Waals surface area contributed by atoms with Crippen LogP contribution in [0.1, 0.15) is 25.1 Å². The summed E-state index contributed by atoms with van der Waals surface area (Å²) < 4.78 is 11.2. The number of ether oxygens (including phenoxy) is 2. The number of hydrogen-bond donors (Lipinski definition) is 1. The molecule has 0 fully saturated rings. The minimum Gasteiger partial charge on any atom is -0.486 e. The van der Waals surface area contributed by atoms with E-state index in [1.807, 2.05) is 18.2 Å². The maximum Gasteiger partial charge on any atom is 0.244 e. The summed E-state index contributed by atoms with van der Waals surface area (Å²) in [6.45, 7) is 5.77. The second-order valence-corrected chi connectivity index (χ2v) is 6.42. The monoisotopic (exact) mass is 339 g/mol. The van der Waals surface area contributed by atoms with E-state index < -0.39 is 0 Å². The van der Waals surface area contributed by atoms with Gasteiger partial charge in [-0.2, -0.15) is 0 Å². The summed E-state index contributed by atoms with van der Waals surface area (Å²) in [5.41, 5.74) is 1.48. The van der Waals surface area contributed by atoms with Gasteiger partial charge in [0.15, 0.2) is 11.5 Å². The fourth-order valence-corrected chi connectivity index (χ4v) is 2.49. The highest BCUT2D eigenvalue weighted by Crippen LogP contribution is 2.34. The number of aromatic nitrogens is 2. The van der Waals surface area contributed by atoms with Crippen LogP contribution in [0.25, 0.3) is 6.08 Å². The zero-order valence-electron chi connectivity index (χ0n) is 14.4. The first-order chi connectivity index (χ1) is 12.0. The normalized spacial score (nSPS) is 13.7. The van der Waals surface area contributed by atoms with Gasteiger partial charge in [-0.25, -0.2) is 0 Å². The minimum atomic E-state index is -0.244. The Morgan fingerprint density at radius 1 is 1.24 bits per heavy atom. The summed E-state index contributed by atoms with van der Waals surface area (Å²) in [4.78, 5) is 20.1. The number of hydrogen-bond acceptors (Lipinski definition) is 5. The van der Waals surface area contributed by atoms with Crippen molar-refractivity contribution in [3.8, 4) is 11.5 Å². The van der Waals surface area contributed by atoms with Crippen LogP contribution in [-0.4, -0.2) is 35.6 Å². The van der Waals surface area contributed by atoms with Crippen molar-refractivity contribution in [2.75, 3.05) is 19.8 Å². The van der Waals surface area contributed by atoms with Crippen molar-refractivity contribution >= 4 is 12.0 Å². The van der Waals surface area contributed by atoms with E-state index >= 15 is 0 Å². The smallest absolute Gasteiger partial charge is 0.244 e. The van der Waals surface area contributed by atoms with E-state index in [1.165, 1.54) is 6.08 Å². The predicted molar refractivity (Wildman–Crippen MR) is 94.5 cm³/mol. The molecule has 0 saturated carbocycles. The average molecular weight is 339 g/mol. The molecule has 0 spiro atoms. The summed E-state index contributed by atoms with van der Waals surface area (Å²) in [6, 6.07) is 5.91. The Labute approximate surface area is 146 Å². The van der Waals surface area contributed by atoms with Gasteiger partial charge in [0, 0.05) is 30.4 Å². The molecule has 0 unspecified atom stereocenters. The maximum atomic E-state index is 12.0. The fourth-order valence-electron chi connectivity index (χ4n) is 2.49. The molecule has 0 atom stereocenters. The van der Waals surface area contributed by atoms with Crippen molar-refractivity contribution in [1.82, 2.24) is 15.3 Å². The molecule has 6 nitrogen and oxygen atoms in total. The van der Waals surface area contributed by atoms with Gasteiger partial charge in [0.1, 0.15) is 13.2 Å². The molecule has 1 amide bonds. The fraction of sp³-hybridized carbons (Fsp3) is 0.316. The second-order valence-electron chi connectivity index (χ2n) is 6.42. The van der Waals surface area contributed by atoms with E-state index in [9.17, 15) is 4.79 Å². The number of carbonyl (C=O) groups excluding carboxylic acids is 1. The van der Waals surface area contributed by atoms with E-state index in [-0.39, 0.29) is 11.3 Å². The van der Waals surface area contributed by atoms with Crippen LogP contribution >= 0.6 is 0 Å². The van der Waals surface area contributed by atoms with Crippen LogP contribution in [0.2, 0.25) is 0 Å². The molecular weight excluding hydrogens is 318 g/mol. The molecule has 2 heterocycles. The number of carbonyl (C=O) groups is 1. The molecule has 0 saturated heterocycles. The number of nitrogens with zero attached hydrogens (tertiary/aromatic N) is 2. The van der Waals surface area contributed by atoms with Crippen LogP contribution in [0, 0.1) is 0 Å². The van der Waals surface area contributed by atoms with Crippen LogP contribution in [0.3, 0.4) is 0 Å². The summed E-state index contributed by atoms with van der Waals surface area (Å²) >= 11 is 0. The van der Waals surface area contributed by atoms with Gasteiger partial charge in [0.25, 0.3) is 0 Å². The average Bonchev–Trinajstić information content (AvgIpc) is 2.65. The molecule has 0 bridgehead atoms. The lowest BCUT2D eigenvalue weighted by molar-refractivity contribution is -0.116. The van der Waals surface area contributed by atoms with Crippen molar-refractivity contribution in [2.45, 2.75) is 19.3 Å². The molecule has 1 aromatic carbocycles. The summed E-state index contributed by atoms with van der Waals surface area (Å²) in [7, 11) is 0. The van der Waals surface area contributed by atoms with Crippen LogP contribution in [0.5, 0.6) is 11.5 Å². The lowest BCUT2D eigenvalue weighted by Gasteiger charge is -2.27. The number of rotatable bonds is 5. The molecular formula is C19H21N3O3. The van der Waals surface area contributed by atoms with Gasteiger partial charge in [0.05, 0.1) is 11.9 Å². The summed E-state index contributed by atoms with van der Waals surface area (Å²) in [5, 5.41) is 2.93. The molecule has 1 aliphatic rings. The Kier molecular flexibility index (Phi) is 4.97. The van der Waals surface area contributed by atoms with E-state index in [2.05, 4.69) is 29.1 Å². The van der Waals surface area contributed by atoms with Crippen LogP contribution in [0.4, 0.5) is 0 Å². The second kappa shape index (κ2) is 7.34. The van der Waals surface area contributed by atoms with Gasteiger partial charge in [-0.3, -0.25) is 14.8 Å². The van der Waals surface area contributed by atoms with Crippen LogP contribution in [0.15, 0.2) is 42.9 Å². The van der Waals surface area contributed by atoms with Gasteiger partial charge in [0.2, 0.25) is 5.91 Å². The van der Waals surface area contributed by atoms with Gasteiger partial charge in [-0.15, -0.1) is 0 Å². The van der Waals surface area contributed by atoms with Crippen molar-refractivity contribution in [1.29, 1.82) is 0 Å². The highest BCUT2D eigenvalue weighted by Gasteiger charge is 2.23. The number of benzene rings is 1. The third-order valence-electron chi connectivity index (χ3n) is 4.02. The van der Waals surface area contributed by atoms with Crippen LogP contribution < -0.4 is 14.8 Å². The quantitative estimate of drug-likeness (QED) is 0.847. The van der Waals surface area contributed by atoms with E-state index in [1.54, 1.807) is 24.7 Å². The molecule has 0 radical (unpaired) electrons. The molecule has 2 aromatic rings. The number of amides is 1. The molecule has 130 valence electrons. The summed E-state index contributed by atoms with van der Waals surface area (Å²) in [6.07, 6.45) is 7.88. The standard InChI is InChI=1S/C19H21N3O3/c1-19(2,14-3-5-16-17(11-14)25-10-9-24-16)13-22-18(23)6-4-15-12-20-7-8-21-15/h3-8,11-12H,9-10,13H2,1-2H3,(H,22,23)/b6-4+. The zero-order valence-corrected chi connectivity index (χ0v) is 14.4. The van der Waals surface area contributed by atoms with Gasteiger partial charge < -0.3 is 14.8 Å². The first-order valence-electron chi connectivity index (χ1n) is 8.17. The molecule has 1 aliphatic heterocycles. The highest BCUT2D eigenvalue weighted by molar-refractivity contribution is 5.91. The molecule has 1 N–H and O–H groups in total.